The summed E-state index contributed by atoms with van der Waals surface area (Å²) in [7, 11) is -0.670. The Balaban J connectivity index is 1.98. The Kier molecular flexibility index (Phi) is 6.58. The van der Waals surface area contributed by atoms with Gasteiger partial charge in [-0.3, -0.25) is 4.79 Å². The smallest absolute Gasteiger partial charge is 0.466 e. The lowest BCUT2D eigenvalue weighted by atomic mass is 9.66. The SMILES string of the molecule is CCOC(=O)c1ccc(-n2c(C)cc(C(CC(=O)O)B3OC(C)(C)C(C)(C)O3)c2C)cc1. The van der Waals surface area contributed by atoms with E-state index >= 15 is 0 Å². The van der Waals surface area contributed by atoms with Crippen LogP contribution in [0.4, 0.5) is 0 Å². The van der Waals surface area contributed by atoms with Crippen LogP contribution in [-0.2, 0) is 18.8 Å². The van der Waals surface area contributed by atoms with Gasteiger partial charge < -0.3 is 23.7 Å². The van der Waals surface area contributed by atoms with Gasteiger partial charge in [0.1, 0.15) is 0 Å². The molecule has 32 heavy (non-hydrogen) atoms. The zero-order valence-electron chi connectivity index (χ0n) is 19.9. The summed E-state index contributed by atoms with van der Waals surface area (Å²) in [5.41, 5.74) is 2.99. The van der Waals surface area contributed by atoms with Crippen molar-refractivity contribution in [1.82, 2.24) is 4.57 Å². The second kappa shape index (κ2) is 8.75. The van der Waals surface area contributed by atoms with E-state index in [-0.39, 0.29) is 12.4 Å². The van der Waals surface area contributed by atoms with Gasteiger partial charge in [-0.2, -0.15) is 0 Å². The van der Waals surface area contributed by atoms with E-state index in [1.54, 1.807) is 19.1 Å². The lowest BCUT2D eigenvalue weighted by Gasteiger charge is -2.32. The van der Waals surface area contributed by atoms with Crippen LogP contribution in [0.3, 0.4) is 0 Å². The van der Waals surface area contributed by atoms with Crippen molar-refractivity contribution in [2.24, 2.45) is 0 Å². The number of aliphatic carboxylic acids is 1. The van der Waals surface area contributed by atoms with E-state index in [1.807, 2.05) is 64.3 Å². The first kappa shape index (κ1) is 24.1. The maximum absolute atomic E-state index is 12.0. The minimum Gasteiger partial charge on any atom is -0.481 e. The zero-order chi connectivity index (χ0) is 23.8. The van der Waals surface area contributed by atoms with Crippen molar-refractivity contribution in [1.29, 1.82) is 0 Å². The number of carbonyl (C=O) groups excluding carboxylic acids is 1. The first-order valence-electron chi connectivity index (χ1n) is 10.9. The van der Waals surface area contributed by atoms with Crippen molar-refractivity contribution in [2.45, 2.75) is 71.9 Å². The number of carboxylic acid groups (broad SMARTS) is 1. The number of nitrogens with zero attached hydrogens (tertiary/aromatic N) is 1. The highest BCUT2D eigenvalue weighted by Gasteiger charge is 2.54. The van der Waals surface area contributed by atoms with Crippen LogP contribution in [0.2, 0.25) is 0 Å². The standard InChI is InChI=1S/C24H32BNO6/c1-8-30-22(29)17-9-11-18(12-10-17)26-15(2)13-19(16(26)3)20(14-21(27)28)25-31-23(4,5)24(6,7)32-25/h9-13,20H,8,14H2,1-7H3,(H,27,28). The fourth-order valence-corrected chi connectivity index (χ4v) is 4.12. The van der Waals surface area contributed by atoms with Crippen LogP contribution in [-0.4, -0.2) is 46.5 Å². The summed E-state index contributed by atoms with van der Waals surface area (Å²) in [5, 5.41) is 9.61. The molecule has 7 nitrogen and oxygen atoms in total. The van der Waals surface area contributed by atoms with Gasteiger partial charge in [0.2, 0.25) is 0 Å². The molecule has 0 aliphatic carbocycles. The second-order valence-electron chi connectivity index (χ2n) is 9.26. The molecule has 1 aliphatic heterocycles. The average molecular weight is 441 g/mol. The number of benzene rings is 1. The molecule has 1 aromatic carbocycles. The summed E-state index contributed by atoms with van der Waals surface area (Å²) in [6, 6.07) is 9.17. The highest BCUT2D eigenvalue weighted by molar-refractivity contribution is 6.48. The number of carbonyl (C=O) groups is 2. The fraction of sp³-hybridized carbons (Fsp3) is 0.500. The molecule has 3 rings (SSSR count). The minimum atomic E-state index is -0.909. The van der Waals surface area contributed by atoms with E-state index in [0.29, 0.717) is 12.2 Å². The summed E-state index contributed by atoms with van der Waals surface area (Å²) < 4.78 is 19.5. The van der Waals surface area contributed by atoms with Gasteiger partial charge in [0.05, 0.1) is 29.8 Å². The Bertz CT molecular complexity index is 992. The molecule has 0 bridgehead atoms. The van der Waals surface area contributed by atoms with Gasteiger partial charge in [-0.25, -0.2) is 4.79 Å². The third-order valence-electron chi connectivity index (χ3n) is 6.50. The zero-order valence-corrected chi connectivity index (χ0v) is 19.9. The van der Waals surface area contributed by atoms with Crippen LogP contribution in [0, 0.1) is 13.8 Å². The molecule has 8 heteroatoms. The van der Waals surface area contributed by atoms with Crippen LogP contribution >= 0.6 is 0 Å². The number of hydrogen-bond donors (Lipinski definition) is 1. The van der Waals surface area contributed by atoms with Gasteiger partial charge in [0.25, 0.3) is 0 Å². The molecule has 0 saturated carbocycles. The van der Waals surface area contributed by atoms with E-state index in [1.165, 1.54) is 0 Å². The number of hydrogen-bond acceptors (Lipinski definition) is 5. The second-order valence-corrected chi connectivity index (χ2v) is 9.26. The highest BCUT2D eigenvalue weighted by Crippen LogP contribution is 2.43. The predicted octanol–water partition coefficient (Wildman–Crippen LogP) is 4.46. The van der Waals surface area contributed by atoms with Gasteiger partial charge in [0, 0.05) is 22.9 Å². The summed E-state index contributed by atoms with van der Waals surface area (Å²) in [6.45, 7) is 13.9. The number of ether oxygens (including phenoxy) is 1. The monoisotopic (exact) mass is 441 g/mol. The Morgan fingerprint density at radius 2 is 1.66 bits per heavy atom. The Labute approximate surface area is 189 Å². The molecule has 1 saturated heterocycles. The largest absolute Gasteiger partial charge is 0.481 e. The van der Waals surface area contributed by atoms with Crippen LogP contribution in [0.1, 0.15) is 74.2 Å². The molecule has 172 valence electrons. The average Bonchev–Trinajstić information content (AvgIpc) is 3.10. The molecule has 1 aromatic heterocycles. The number of esters is 1. The molecule has 1 unspecified atom stereocenters. The Hall–Kier alpha value is -2.58. The number of rotatable bonds is 7. The normalized spacial score (nSPS) is 17.9. The molecule has 1 fully saturated rings. The Morgan fingerprint density at radius 3 is 2.16 bits per heavy atom. The number of aromatic nitrogens is 1. The van der Waals surface area contributed by atoms with Crippen LogP contribution in [0.5, 0.6) is 0 Å². The van der Waals surface area contributed by atoms with Crippen molar-refractivity contribution in [3.8, 4) is 5.69 Å². The van der Waals surface area contributed by atoms with E-state index in [4.69, 9.17) is 14.0 Å². The predicted molar refractivity (Wildman–Crippen MR) is 122 cm³/mol. The van der Waals surface area contributed by atoms with Crippen LogP contribution < -0.4 is 0 Å². The molecule has 1 atom stereocenters. The van der Waals surface area contributed by atoms with Gasteiger partial charge in [-0.15, -0.1) is 0 Å². The van der Waals surface area contributed by atoms with Crippen LogP contribution in [0.25, 0.3) is 5.69 Å². The summed E-state index contributed by atoms with van der Waals surface area (Å²) in [6.07, 6.45) is -0.108. The van der Waals surface area contributed by atoms with E-state index in [2.05, 4.69) is 0 Å². The van der Waals surface area contributed by atoms with Gasteiger partial charge in [-0.05, 0) is 84.4 Å². The quantitative estimate of drug-likeness (QED) is 0.504. The minimum absolute atomic E-state index is 0.108. The van der Waals surface area contributed by atoms with Crippen molar-refractivity contribution in [2.75, 3.05) is 6.61 Å². The highest BCUT2D eigenvalue weighted by atomic mass is 16.7. The third kappa shape index (κ3) is 4.47. The topological polar surface area (TPSA) is 87.0 Å². The summed E-state index contributed by atoms with van der Waals surface area (Å²) in [5.74, 6) is -1.73. The molecule has 2 aromatic rings. The molecular weight excluding hydrogens is 409 g/mol. The molecule has 0 radical (unpaired) electrons. The van der Waals surface area contributed by atoms with Crippen molar-refractivity contribution in [3.05, 3.63) is 52.8 Å². The lowest BCUT2D eigenvalue weighted by Crippen LogP contribution is -2.41. The number of aryl methyl sites for hydroxylation is 1. The van der Waals surface area contributed by atoms with Gasteiger partial charge >= 0.3 is 19.1 Å². The van der Waals surface area contributed by atoms with Crippen molar-refractivity contribution < 1.29 is 28.7 Å². The lowest BCUT2D eigenvalue weighted by molar-refractivity contribution is -0.137. The summed E-state index contributed by atoms with van der Waals surface area (Å²) in [4.78, 5) is 23.7. The summed E-state index contributed by atoms with van der Waals surface area (Å²) >= 11 is 0. The van der Waals surface area contributed by atoms with Crippen molar-refractivity contribution in [3.63, 3.8) is 0 Å². The van der Waals surface area contributed by atoms with E-state index < -0.39 is 30.1 Å². The Morgan fingerprint density at radius 1 is 1.09 bits per heavy atom. The third-order valence-corrected chi connectivity index (χ3v) is 6.50. The molecule has 1 N–H and O–H groups in total. The molecular formula is C24H32BNO6. The maximum Gasteiger partial charge on any atom is 0.466 e. The van der Waals surface area contributed by atoms with Crippen LogP contribution in [0.15, 0.2) is 30.3 Å². The van der Waals surface area contributed by atoms with E-state index in [9.17, 15) is 14.7 Å². The van der Waals surface area contributed by atoms with E-state index in [0.717, 1.165) is 22.6 Å². The fourth-order valence-electron chi connectivity index (χ4n) is 4.12. The molecule has 0 amide bonds. The first-order chi connectivity index (χ1) is 14.9. The van der Waals surface area contributed by atoms with Gasteiger partial charge in [-0.1, -0.05) is 0 Å². The molecule has 0 spiro atoms. The maximum atomic E-state index is 12.0. The first-order valence-corrected chi connectivity index (χ1v) is 10.9. The van der Waals surface area contributed by atoms with Gasteiger partial charge in [0.15, 0.2) is 0 Å². The molecule has 1 aliphatic rings. The number of carboxylic acids is 1. The molecule has 2 heterocycles. The van der Waals surface area contributed by atoms with Crippen molar-refractivity contribution >= 4 is 19.1 Å².